The van der Waals surface area contributed by atoms with Crippen molar-refractivity contribution < 1.29 is 9.72 Å². The Balaban J connectivity index is 1.73. The lowest BCUT2D eigenvalue weighted by atomic mass is 10.1. The van der Waals surface area contributed by atoms with Crippen LogP contribution in [0, 0.1) is 17.0 Å². The summed E-state index contributed by atoms with van der Waals surface area (Å²) in [6, 6.07) is 8.70. The van der Waals surface area contributed by atoms with Gasteiger partial charge in [0.2, 0.25) is 0 Å². The molecular weight excluding hydrogens is 388 g/mol. The molecule has 0 N–H and O–H groups in total. The van der Waals surface area contributed by atoms with E-state index in [9.17, 15) is 14.9 Å². The number of halogens is 1. The number of nitro groups is 1. The van der Waals surface area contributed by atoms with Crippen LogP contribution in [0.3, 0.4) is 0 Å². The molecule has 0 saturated carbocycles. The minimum absolute atomic E-state index is 0.107. The van der Waals surface area contributed by atoms with Gasteiger partial charge in [-0.05, 0) is 41.1 Å². The van der Waals surface area contributed by atoms with Crippen LogP contribution in [0.1, 0.15) is 15.9 Å². The number of hydrogen-bond donors (Lipinski definition) is 0. The third kappa shape index (κ3) is 3.63. The number of hydrogen-bond acceptors (Lipinski definition) is 5. The fourth-order valence-corrected chi connectivity index (χ4v) is 3.17. The van der Waals surface area contributed by atoms with Crippen molar-refractivity contribution in [1.82, 2.24) is 9.88 Å². The average molecular weight is 405 g/mol. The molecule has 2 heterocycles. The van der Waals surface area contributed by atoms with Gasteiger partial charge in [-0.1, -0.05) is 12.1 Å². The second-order valence-corrected chi connectivity index (χ2v) is 6.76. The number of nitrogens with zero attached hydrogens (tertiary/aromatic N) is 4. The van der Waals surface area contributed by atoms with Crippen molar-refractivity contribution in [1.29, 1.82) is 0 Å². The Morgan fingerprint density at radius 3 is 2.52 bits per heavy atom. The van der Waals surface area contributed by atoms with Crippen molar-refractivity contribution in [2.75, 3.05) is 31.1 Å². The van der Waals surface area contributed by atoms with Crippen LogP contribution in [0.15, 0.2) is 41.0 Å². The van der Waals surface area contributed by atoms with E-state index < -0.39 is 4.92 Å². The molecule has 1 aliphatic heterocycles. The van der Waals surface area contributed by atoms with Gasteiger partial charge in [-0.3, -0.25) is 14.9 Å². The van der Waals surface area contributed by atoms with Gasteiger partial charge in [0.25, 0.3) is 11.6 Å². The predicted molar refractivity (Wildman–Crippen MR) is 97.9 cm³/mol. The van der Waals surface area contributed by atoms with Crippen molar-refractivity contribution in [2.24, 2.45) is 0 Å². The number of rotatable bonds is 3. The summed E-state index contributed by atoms with van der Waals surface area (Å²) in [5.41, 5.74) is 0.540. The highest BCUT2D eigenvalue weighted by Gasteiger charge is 2.28. The molecule has 7 nitrogen and oxygen atoms in total. The Kier molecular flexibility index (Phi) is 4.98. The molecule has 2 aromatic rings. The van der Waals surface area contributed by atoms with E-state index >= 15 is 0 Å². The normalized spacial score (nSPS) is 14.5. The summed E-state index contributed by atoms with van der Waals surface area (Å²) >= 11 is 3.36. The lowest BCUT2D eigenvalue weighted by Gasteiger charge is -2.35. The zero-order chi connectivity index (χ0) is 18.0. The van der Waals surface area contributed by atoms with Gasteiger partial charge < -0.3 is 9.80 Å². The van der Waals surface area contributed by atoms with Gasteiger partial charge in [-0.15, -0.1) is 0 Å². The zero-order valence-corrected chi connectivity index (χ0v) is 15.3. The van der Waals surface area contributed by atoms with Gasteiger partial charge >= 0.3 is 0 Å². The first-order chi connectivity index (χ1) is 12.0. The highest BCUT2D eigenvalue weighted by atomic mass is 79.9. The van der Waals surface area contributed by atoms with E-state index in [1.54, 1.807) is 30.2 Å². The number of piperazine rings is 1. The fourth-order valence-electron chi connectivity index (χ4n) is 2.94. The summed E-state index contributed by atoms with van der Waals surface area (Å²) in [5.74, 6) is 0.565. The maximum absolute atomic E-state index is 12.7. The number of pyridine rings is 1. The van der Waals surface area contributed by atoms with Gasteiger partial charge in [0, 0.05) is 42.4 Å². The highest BCUT2D eigenvalue weighted by Crippen LogP contribution is 2.25. The molecule has 1 aromatic heterocycles. The van der Waals surface area contributed by atoms with Gasteiger partial charge in [-0.25, -0.2) is 4.98 Å². The van der Waals surface area contributed by atoms with Crippen LogP contribution in [0.2, 0.25) is 0 Å². The molecule has 1 saturated heterocycles. The van der Waals surface area contributed by atoms with E-state index in [-0.39, 0.29) is 17.2 Å². The Morgan fingerprint density at radius 1 is 1.20 bits per heavy atom. The number of amides is 1. The van der Waals surface area contributed by atoms with Gasteiger partial charge in [0.1, 0.15) is 11.4 Å². The fraction of sp³-hybridized carbons (Fsp3) is 0.294. The first-order valence-corrected chi connectivity index (χ1v) is 8.66. The first-order valence-electron chi connectivity index (χ1n) is 7.87. The molecule has 8 heteroatoms. The molecule has 1 fully saturated rings. The standard InChI is InChI=1S/C17H17BrN4O3/c1-12-3-2-4-14(16(12)22(24)25)17(23)21-9-7-20(8-10-21)15-6-5-13(18)11-19-15/h2-6,11H,7-10H2,1H3. The van der Waals surface area contributed by atoms with E-state index in [1.807, 2.05) is 12.1 Å². The third-order valence-electron chi connectivity index (χ3n) is 4.25. The minimum atomic E-state index is -0.482. The third-order valence-corrected chi connectivity index (χ3v) is 4.72. The maximum Gasteiger partial charge on any atom is 0.285 e. The summed E-state index contributed by atoms with van der Waals surface area (Å²) in [7, 11) is 0. The lowest BCUT2D eigenvalue weighted by Crippen LogP contribution is -2.49. The molecule has 0 unspecified atom stereocenters. The highest BCUT2D eigenvalue weighted by molar-refractivity contribution is 9.10. The number of carbonyl (C=O) groups is 1. The van der Waals surface area contributed by atoms with Crippen LogP contribution >= 0.6 is 15.9 Å². The average Bonchev–Trinajstić information content (AvgIpc) is 2.61. The molecule has 0 atom stereocenters. The topological polar surface area (TPSA) is 79.6 Å². The zero-order valence-electron chi connectivity index (χ0n) is 13.7. The van der Waals surface area contributed by atoms with Crippen molar-refractivity contribution in [3.63, 3.8) is 0 Å². The van der Waals surface area contributed by atoms with Gasteiger partial charge in [0.15, 0.2) is 0 Å². The van der Waals surface area contributed by atoms with Crippen molar-refractivity contribution >= 4 is 33.3 Å². The molecular formula is C17H17BrN4O3. The minimum Gasteiger partial charge on any atom is -0.353 e. The number of aromatic nitrogens is 1. The molecule has 1 aromatic carbocycles. The van der Waals surface area contributed by atoms with Crippen molar-refractivity contribution in [2.45, 2.75) is 6.92 Å². The van der Waals surface area contributed by atoms with Crippen LogP contribution in [-0.2, 0) is 0 Å². The Labute approximate surface area is 153 Å². The SMILES string of the molecule is Cc1cccc(C(=O)N2CCN(c3ccc(Br)cn3)CC2)c1[N+](=O)[O-]. The Bertz CT molecular complexity index is 802. The molecule has 0 radical (unpaired) electrons. The second-order valence-electron chi connectivity index (χ2n) is 5.84. The van der Waals surface area contributed by atoms with Crippen LogP contribution in [0.4, 0.5) is 11.5 Å². The summed E-state index contributed by atoms with van der Waals surface area (Å²) in [6.45, 7) is 3.93. The van der Waals surface area contributed by atoms with E-state index in [1.165, 1.54) is 6.07 Å². The molecule has 0 bridgehead atoms. The smallest absolute Gasteiger partial charge is 0.285 e. The first kappa shape index (κ1) is 17.3. The quantitative estimate of drug-likeness (QED) is 0.580. The van der Waals surface area contributed by atoms with E-state index in [4.69, 9.17) is 0 Å². The molecule has 130 valence electrons. The number of carbonyl (C=O) groups excluding carboxylic acids is 1. The Hall–Kier alpha value is -2.48. The molecule has 0 spiro atoms. The molecule has 1 aliphatic rings. The number of aryl methyl sites for hydroxylation is 1. The number of benzene rings is 1. The monoisotopic (exact) mass is 404 g/mol. The van der Waals surface area contributed by atoms with E-state index in [0.29, 0.717) is 31.7 Å². The van der Waals surface area contributed by atoms with E-state index in [0.717, 1.165) is 10.3 Å². The molecule has 1 amide bonds. The van der Waals surface area contributed by atoms with Crippen LogP contribution in [-0.4, -0.2) is 46.9 Å². The number of anilines is 1. The van der Waals surface area contributed by atoms with E-state index in [2.05, 4.69) is 25.8 Å². The number of para-hydroxylation sites is 1. The second kappa shape index (κ2) is 7.18. The summed E-state index contributed by atoms with van der Waals surface area (Å²) in [4.78, 5) is 31.7. The lowest BCUT2D eigenvalue weighted by molar-refractivity contribution is -0.385. The largest absolute Gasteiger partial charge is 0.353 e. The van der Waals surface area contributed by atoms with Crippen molar-refractivity contribution in [3.05, 3.63) is 62.2 Å². The van der Waals surface area contributed by atoms with Crippen LogP contribution in [0.5, 0.6) is 0 Å². The predicted octanol–water partition coefficient (Wildman–Crippen LogP) is 3.02. The number of nitro benzene ring substituents is 1. The molecule has 0 aliphatic carbocycles. The molecule has 3 rings (SSSR count). The summed E-state index contributed by atoms with van der Waals surface area (Å²) in [6.07, 6.45) is 1.74. The summed E-state index contributed by atoms with van der Waals surface area (Å²) in [5, 5.41) is 11.3. The maximum atomic E-state index is 12.7. The van der Waals surface area contributed by atoms with Crippen molar-refractivity contribution in [3.8, 4) is 0 Å². The van der Waals surface area contributed by atoms with Gasteiger partial charge in [-0.2, -0.15) is 0 Å². The van der Waals surface area contributed by atoms with Crippen LogP contribution in [0.25, 0.3) is 0 Å². The summed E-state index contributed by atoms with van der Waals surface area (Å²) < 4.78 is 0.914. The Morgan fingerprint density at radius 2 is 1.92 bits per heavy atom. The van der Waals surface area contributed by atoms with Gasteiger partial charge in [0.05, 0.1) is 4.92 Å². The van der Waals surface area contributed by atoms with Crippen LogP contribution < -0.4 is 4.90 Å². The molecule has 25 heavy (non-hydrogen) atoms.